The molecule has 4 rings (SSSR count). The first-order chi connectivity index (χ1) is 10.3. The molecule has 0 bridgehead atoms. The van der Waals surface area contributed by atoms with Crippen LogP contribution in [0, 0.1) is 0 Å². The van der Waals surface area contributed by atoms with Crippen molar-refractivity contribution in [2.75, 3.05) is 5.73 Å². The third-order valence-electron chi connectivity index (χ3n) is 3.23. The lowest BCUT2D eigenvalue weighted by Crippen LogP contribution is -1.94. The van der Waals surface area contributed by atoms with E-state index in [9.17, 15) is 0 Å². The van der Waals surface area contributed by atoms with E-state index >= 15 is 0 Å². The first-order valence-corrected chi connectivity index (χ1v) is 7.25. The van der Waals surface area contributed by atoms with E-state index in [1.807, 2.05) is 53.1 Å². The standard InChI is InChI=1S/C15H11N5S/c16-11-9-17-12-6-2-1-5-10(12)14(11)21-15-19-18-13-7-3-4-8-20(13)15/h1-9H,16H2. The fourth-order valence-corrected chi connectivity index (χ4v) is 3.20. The molecule has 6 heteroatoms. The molecule has 0 radical (unpaired) electrons. The van der Waals surface area contributed by atoms with Gasteiger partial charge in [-0.1, -0.05) is 24.3 Å². The second-order valence-corrected chi connectivity index (χ2v) is 5.55. The zero-order chi connectivity index (χ0) is 14.2. The third-order valence-corrected chi connectivity index (χ3v) is 4.35. The van der Waals surface area contributed by atoms with Gasteiger partial charge in [0.05, 0.1) is 17.4 Å². The second-order valence-electron chi connectivity index (χ2n) is 4.57. The Morgan fingerprint density at radius 1 is 1.00 bits per heavy atom. The third kappa shape index (κ3) is 2.00. The number of pyridine rings is 2. The highest BCUT2D eigenvalue weighted by Crippen LogP contribution is 2.36. The van der Waals surface area contributed by atoms with Crippen molar-refractivity contribution in [3.63, 3.8) is 0 Å². The van der Waals surface area contributed by atoms with Gasteiger partial charge in [-0.15, -0.1) is 10.2 Å². The minimum absolute atomic E-state index is 0.645. The molecule has 0 spiro atoms. The minimum atomic E-state index is 0.645. The minimum Gasteiger partial charge on any atom is -0.397 e. The summed E-state index contributed by atoms with van der Waals surface area (Å²) in [5.41, 5.74) is 8.49. The Morgan fingerprint density at radius 2 is 1.86 bits per heavy atom. The molecule has 5 nitrogen and oxygen atoms in total. The molecule has 0 amide bonds. The average Bonchev–Trinajstić information content (AvgIpc) is 2.93. The summed E-state index contributed by atoms with van der Waals surface area (Å²) in [6, 6.07) is 13.8. The number of nitrogens with zero attached hydrogens (tertiary/aromatic N) is 4. The number of hydrogen-bond acceptors (Lipinski definition) is 5. The molecular weight excluding hydrogens is 282 g/mol. The van der Waals surface area contributed by atoms with Crippen molar-refractivity contribution in [3.05, 3.63) is 54.9 Å². The quantitative estimate of drug-likeness (QED) is 0.615. The summed E-state index contributed by atoms with van der Waals surface area (Å²) in [7, 11) is 0. The van der Waals surface area contributed by atoms with Crippen LogP contribution in [0.1, 0.15) is 0 Å². The smallest absolute Gasteiger partial charge is 0.200 e. The fourth-order valence-electron chi connectivity index (χ4n) is 2.23. The highest BCUT2D eigenvalue weighted by atomic mass is 32.2. The number of aromatic nitrogens is 4. The van der Waals surface area contributed by atoms with Crippen molar-refractivity contribution in [3.8, 4) is 0 Å². The number of benzene rings is 1. The molecule has 3 aromatic heterocycles. The van der Waals surface area contributed by atoms with Crippen LogP contribution >= 0.6 is 11.8 Å². The second kappa shape index (κ2) is 4.75. The average molecular weight is 293 g/mol. The highest BCUT2D eigenvalue weighted by molar-refractivity contribution is 7.99. The van der Waals surface area contributed by atoms with Crippen LogP contribution in [0.25, 0.3) is 16.6 Å². The summed E-state index contributed by atoms with van der Waals surface area (Å²) in [5, 5.41) is 10.2. The molecule has 21 heavy (non-hydrogen) atoms. The Hall–Kier alpha value is -2.60. The lowest BCUT2D eigenvalue weighted by atomic mass is 10.2. The van der Waals surface area contributed by atoms with Gasteiger partial charge in [0.25, 0.3) is 0 Å². The van der Waals surface area contributed by atoms with E-state index in [1.165, 1.54) is 11.8 Å². The van der Waals surface area contributed by atoms with Gasteiger partial charge in [0.15, 0.2) is 5.65 Å². The molecule has 0 aliphatic carbocycles. The molecule has 102 valence electrons. The van der Waals surface area contributed by atoms with Crippen molar-refractivity contribution >= 4 is 34.0 Å². The Kier molecular flexibility index (Phi) is 2.75. The number of nitrogen functional groups attached to an aromatic ring is 1. The predicted octanol–water partition coefficient (Wildman–Crippen LogP) is 3.01. The Bertz CT molecular complexity index is 947. The maximum atomic E-state index is 6.11. The van der Waals surface area contributed by atoms with Crippen LogP contribution in [0.15, 0.2) is 64.9 Å². The summed E-state index contributed by atoms with van der Waals surface area (Å²) in [6.07, 6.45) is 3.63. The van der Waals surface area contributed by atoms with E-state index in [2.05, 4.69) is 15.2 Å². The van der Waals surface area contributed by atoms with Crippen LogP contribution in [0.4, 0.5) is 5.69 Å². The SMILES string of the molecule is Nc1cnc2ccccc2c1Sc1nnc2ccccn12. The van der Waals surface area contributed by atoms with Crippen LogP contribution in [-0.4, -0.2) is 19.6 Å². The van der Waals surface area contributed by atoms with E-state index in [0.717, 1.165) is 26.6 Å². The lowest BCUT2D eigenvalue weighted by Gasteiger charge is -2.07. The van der Waals surface area contributed by atoms with E-state index in [-0.39, 0.29) is 0 Å². The molecule has 2 N–H and O–H groups in total. The summed E-state index contributed by atoms with van der Waals surface area (Å²) in [5.74, 6) is 0. The monoisotopic (exact) mass is 293 g/mol. The van der Waals surface area contributed by atoms with Crippen molar-refractivity contribution in [2.24, 2.45) is 0 Å². The Balaban J connectivity index is 1.89. The first-order valence-electron chi connectivity index (χ1n) is 6.44. The number of anilines is 1. The molecule has 0 aliphatic heterocycles. The van der Waals surface area contributed by atoms with Gasteiger partial charge in [0, 0.05) is 16.5 Å². The topological polar surface area (TPSA) is 69.1 Å². The molecule has 0 unspecified atom stereocenters. The maximum absolute atomic E-state index is 6.11. The summed E-state index contributed by atoms with van der Waals surface area (Å²) in [4.78, 5) is 5.31. The lowest BCUT2D eigenvalue weighted by molar-refractivity contribution is 0.922. The van der Waals surface area contributed by atoms with Crippen LogP contribution in [0.5, 0.6) is 0 Å². The highest BCUT2D eigenvalue weighted by Gasteiger charge is 2.12. The van der Waals surface area contributed by atoms with Gasteiger partial charge >= 0.3 is 0 Å². The largest absolute Gasteiger partial charge is 0.397 e. The number of para-hydroxylation sites is 1. The summed E-state index contributed by atoms with van der Waals surface area (Å²) >= 11 is 1.50. The molecule has 3 heterocycles. The Morgan fingerprint density at radius 3 is 2.81 bits per heavy atom. The molecule has 0 saturated carbocycles. The molecule has 0 fully saturated rings. The van der Waals surface area contributed by atoms with Gasteiger partial charge < -0.3 is 5.73 Å². The van der Waals surface area contributed by atoms with Crippen molar-refractivity contribution < 1.29 is 0 Å². The molecule has 0 saturated heterocycles. The van der Waals surface area contributed by atoms with Gasteiger partial charge in [-0.2, -0.15) is 0 Å². The van der Waals surface area contributed by atoms with Gasteiger partial charge in [-0.3, -0.25) is 9.38 Å². The van der Waals surface area contributed by atoms with Crippen molar-refractivity contribution in [2.45, 2.75) is 10.1 Å². The van der Waals surface area contributed by atoms with E-state index in [0.29, 0.717) is 5.69 Å². The molecule has 1 aromatic carbocycles. The van der Waals surface area contributed by atoms with E-state index in [4.69, 9.17) is 5.73 Å². The number of nitrogens with two attached hydrogens (primary N) is 1. The molecule has 0 atom stereocenters. The van der Waals surface area contributed by atoms with Gasteiger partial charge in [-0.25, -0.2) is 0 Å². The van der Waals surface area contributed by atoms with Crippen LogP contribution < -0.4 is 5.73 Å². The predicted molar refractivity (Wildman–Crippen MR) is 83.3 cm³/mol. The van der Waals surface area contributed by atoms with Gasteiger partial charge in [0.1, 0.15) is 0 Å². The van der Waals surface area contributed by atoms with Crippen LogP contribution in [0.3, 0.4) is 0 Å². The van der Waals surface area contributed by atoms with Crippen LogP contribution in [-0.2, 0) is 0 Å². The Labute approximate surface area is 124 Å². The summed E-state index contributed by atoms with van der Waals surface area (Å²) < 4.78 is 1.94. The fraction of sp³-hybridized carbons (Fsp3) is 0. The number of hydrogen-bond donors (Lipinski definition) is 1. The van der Waals surface area contributed by atoms with Crippen LogP contribution in [0.2, 0.25) is 0 Å². The zero-order valence-corrected chi connectivity index (χ0v) is 11.8. The maximum Gasteiger partial charge on any atom is 0.200 e. The van der Waals surface area contributed by atoms with E-state index < -0.39 is 0 Å². The summed E-state index contributed by atoms with van der Waals surface area (Å²) in [6.45, 7) is 0. The van der Waals surface area contributed by atoms with E-state index in [1.54, 1.807) is 6.20 Å². The van der Waals surface area contributed by atoms with Gasteiger partial charge in [-0.05, 0) is 30.0 Å². The number of rotatable bonds is 2. The van der Waals surface area contributed by atoms with Crippen molar-refractivity contribution in [1.82, 2.24) is 19.6 Å². The molecular formula is C15H11N5S. The first kappa shape index (κ1) is 12.2. The van der Waals surface area contributed by atoms with Crippen molar-refractivity contribution in [1.29, 1.82) is 0 Å². The number of fused-ring (bicyclic) bond motifs is 2. The van der Waals surface area contributed by atoms with Gasteiger partial charge in [0.2, 0.25) is 5.16 Å². The zero-order valence-electron chi connectivity index (χ0n) is 11.0. The molecule has 0 aliphatic rings. The molecule has 4 aromatic rings. The normalized spacial score (nSPS) is 11.2.